The first-order valence-corrected chi connectivity index (χ1v) is 8.78. The van der Waals surface area contributed by atoms with Crippen LogP contribution < -0.4 is 10.6 Å². The lowest BCUT2D eigenvalue weighted by molar-refractivity contribution is 0.0503. The van der Waals surface area contributed by atoms with E-state index in [2.05, 4.69) is 39.5 Å². The van der Waals surface area contributed by atoms with Crippen molar-refractivity contribution in [2.75, 3.05) is 39.4 Å². The van der Waals surface area contributed by atoms with Crippen molar-refractivity contribution in [3.63, 3.8) is 0 Å². The summed E-state index contributed by atoms with van der Waals surface area (Å²) >= 11 is 0. The van der Waals surface area contributed by atoms with E-state index < -0.39 is 0 Å². The second kappa shape index (κ2) is 9.58. The number of aryl methyl sites for hydroxylation is 1. The molecular weight excluding hydrogens is 310 g/mol. The average molecular weight is 339 g/mol. The van der Waals surface area contributed by atoms with Crippen molar-refractivity contribution >= 4 is 6.03 Å². The third kappa shape index (κ3) is 5.45. The third-order valence-electron chi connectivity index (χ3n) is 4.44. The van der Waals surface area contributed by atoms with Crippen LogP contribution in [0.4, 0.5) is 4.79 Å². The van der Waals surface area contributed by atoms with E-state index in [1.807, 2.05) is 0 Å². The summed E-state index contributed by atoms with van der Waals surface area (Å²) in [6, 6.07) is -0.474. The molecule has 0 aliphatic carbocycles. The maximum absolute atomic E-state index is 12.3. The molecule has 0 aromatic carbocycles. The lowest BCUT2D eigenvalue weighted by atomic mass is 9.91. The van der Waals surface area contributed by atoms with Gasteiger partial charge in [0.25, 0.3) is 0 Å². The highest BCUT2D eigenvalue weighted by Gasteiger charge is 2.31. The molecule has 0 radical (unpaired) electrons. The van der Waals surface area contributed by atoms with Gasteiger partial charge in [-0.15, -0.1) is 0 Å². The number of carbonyl (C=O) groups excluding carboxylic acids is 1. The van der Waals surface area contributed by atoms with Gasteiger partial charge in [-0.3, -0.25) is 0 Å². The van der Waals surface area contributed by atoms with Crippen LogP contribution in [0.2, 0.25) is 0 Å². The topological polar surface area (TPSA) is 92.5 Å². The lowest BCUT2D eigenvalue weighted by Crippen LogP contribution is -2.44. The molecule has 1 saturated heterocycles. The Kier molecular flexibility index (Phi) is 7.45. The highest BCUT2D eigenvalue weighted by Crippen LogP contribution is 2.29. The van der Waals surface area contributed by atoms with E-state index in [1.165, 1.54) is 0 Å². The number of hydrogen-bond donors (Lipinski definition) is 2. The number of likely N-dealkylation sites (N-methyl/N-ethyl adjacent to an activating group) is 1. The number of nitrogens with zero attached hydrogens (tertiary/aromatic N) is 3. The fourth-order valence-corrected chi connectivity index (χ4v) is 2.93. The van der Waals surface area contributed by atoms with Crippen LogP contribution in [0, 0.1) is 12.8 Å². The summed E-state index contributed by atoms with van der Waals surface area (Å²) in [5.41, 5.74) is 0. The summed E-state index contributed by atoms with van der Waals surface area (Å²) in [7, 11) is 0. The first-order valence-electron chi connectivity index (χ1n) is 8.78. The van der Waals surface area contributed by atoms with Crippen LogP contribution in [0.5, 0.6) is 0 Å². The number of urea groups is 1. The summed E-state index contributed by atoms with van der Waals surface area (Å²) in [6.45, 7) is 10.8. The highest BCUT2D eigenvalue weighted by atomic mass is 16.5. The molecule has 1 aliphatic rings. The maximum atomic E-state index is 12.3. The van der Waals surface area contributed by atoms with Gasteiger partial charge in [-0.05, 0) is 38.8 Å². The number of aromatic nitrogens is 2. The Bertz CT molecular complexity index is 498. The minimum atomic E-state index is -0.274. The Morgan fingerprint density at radius 3 is 2.62 bits per heavy atom. The van der Waals surface area contributed by atoms with Gasteiger partial charge >= 0.3 is 6.03 Å². The molecule has 2 amide bonds. The van der Waals surface area contributed by atoms with Crippen molar-refractivity contribution < 1.29 is 14.1 Å². The predicted octanol–water partition coefficient (Wildman–Crippen LogP) is 1.49. The molecule has 8 nitrogen and oxygen atoms in total. The molecule has 2 N–H and O–H groups in total. The molecule has 0 spiro atoms. The SMILES string of the molecule is CCN(CC)CCNC(=O)NC(c1nc(C)no1)C1CCOCC1. The molecule has 8 heteroatoms. The molecule has 1 fully saturated rings. The zero-order valence-electron chi connectivity index (χ0n) is 14.9. The maximum Gasteiger partial charge on any atom is 0.315 e. The van der Waals surface area contributed by atoms with E-state index >= 15 is 0 Å². The number of nitrogens with one attached hydrogen (secondary N) is 2. The van der Waals surface area contributed by atoms with Crippen LogP contribution >= 0.6 is 0 Å². The van der Waals surface area contributed by atoms with Crippen LogP contribution in [0.3, 0.4) is 0 Å². The third-order valence-corrected chi connectivity index (χ3v) is 4.44. The van der Waals surface area contributed by atoms with Crippen molar-refractivity contribution in [1.82, 2.24) is 25.7 Å². The van der Waals surface area contributed by atoms with Gasteiger partial charge in [-0.1, -0.05) is 19.0 Å². The van der Waals surface area contributed by atoms with E-state index in [4.69, 9.17) is 9.26 Å². The van der Waals surface area contributed by atoms with Gasteiger partial charge in [0.2, 0.25) is 5.89 Å². The minimum absolute atomic E-state index is 0.200. The molecule has 24 heavy (non-hydrogen) atoms. The van der Waals surface area contributed by atoms with Crippen molar-refractivity contribution in [2.45, 2.75) is 39.7 Å². The van der Waals surface area contributed by atoms with Gasteiger partial charge in [0.05, 0.1) is 0 Å². The average Bonchev–Trinajstić information content (AvgIpc) is 3.03. The smallest absolute Gasteiger partial charge is 0.315 e. The van der Waals surface area contributed by atoms with E-state index in [0.29, 0.717) is 31.5 Å². The number of hydrogen-bond acceptors (Lipinski definition) is 6. The summed E-state index contributed by atoms with van der Waals surface area (Å²) < 4.78 is 10.7. The number of rotatable bonds is 8. The zero-order valence-corrected chi connectivity index (χ0v) is 14.9. The number of ether oxygens (including phenoxy) is 1. The molecule has 136 valence electrons. The number of carbonyl (C=O) groups is 1. The Labute approximate surface area is 143 Å². The molecule has 1 unspecified atom stereocenters. The summed E-state index contributed by atoms with van der Waals surface area (Å²) in [5.74, 6) is 1.29. The lowest BCUT2D eigenvalue weighted by Gasteiger charge is -2.28. The zero-order chi connectivity index (χ0) is 17.4. The van der Waals surface area contributed by atoms with Crippen molar-refractivity contribution in [3.05, 3.63) is 11.7 Å². The van der Waals surface area contributed by atoms with Crippen molar-refractivity contribution in [1.29, 1.82) is 0 Å². The van der Waals surface area contributed by atoms with Gasteiger partial charge in [0, 0.05) is 26.3 Å². The monoisotopic (exact) mass is 339 g/mol. The van der Waals surface area contributed by atoms with Gasteiger partial charge in [0.15, 0.2) is 5.82 Å². The molecule has 0 saturated carbocycles. The van der Waals surface area contributed by atoms with Crippen molar-refractivity contribution in [2.24, 2.45) is 5.92 Å². The fourth-order valence-electron chi connectivity index (χ4n) is 2.93. The van der Waals surface area contributed by atoms with Crippen LogP contribution in [-0.4, -0.2) is 60.5 Å². The summed E-state index contributed by atoms with van der Waals surface area (Å²) in [4.78, 5) is 18.8. The second-order valence-corrected chi connectivity index (χ2v) is 6.03. The Morgan fingerprint density at radius 1 is 1.33 bits per heavy atom. The second-order valence-electron chi connectivity index (χ2n) is 6.03. The molecule has 1 aromatic rings. The van der Waals surface area contributed by atoms with Gasteiger partial charge in [0.1, 0.15) is 6.04 Å². The molecule has 0 bridgehead atoms. The normalized spacial score (nSPS) is 17.0. The summed E-state index contributed by atoms with van der Waals surface area (Å²) in [5, 5.41) is 9.77. The molecule has 2 rings (SSSR count). The van der Waals surface area contributed by atoms with Crippen LogP contribution in [-0.2, 0) is 4.74 Å². The Balaban J connectivity index is 1.91. The first-order chi connectivity index (χ1) is 11.6. The van der Waals surface area contributed by atoms with Gasteiger partial charge < -0.3 is 24.8 Å². The Morgan fingerprint density at radius 2 is 2.04 bits per heavy atom. The predicted molar refractivity (Wildman–Crippen MR) is 89.6 cm³/mol. The van der Waals surface area contributed by atoms with E-state index in [-0.39, 0.29) is 18.0 Å². The van der Waals surface area contributed by atoms with Crippen molar-refractivity contribution in [3.8, 4) is 0 Å². The summed E-state index contributed by atoms with van der Waals surface area (Å²) in [6.07, 6.45) is 1.73. The van der Waals surface area contributed by atoms with E-state index in [1.54, 1.807) is 6.92 Å². The molecule has 1 aliphatic heterocycles. The van der Waals surface area contributed by atoms with Crippen LogP contribution in [0.25, 0.3) is 0 Å². The van der Waals surface area contributed by atoms with Gasteiger partial charge in [-0.25, -0.2) is 4.79 Å². The molecular formula is C16H29N5O3. The minimum Gasteiger partial charge on any atom is -0.381 e. The van der Waals surface area contributed by atoms with Crippen LogP contribution in [0.1, 0.15) is 44.4 Å². The highest BCUT2D eigenvalue weighted by molar-refractivity contribution is 5.74. The molecule has 1 atom stereocenters. The van der Waals surface area contributed by atoms with E-state index in [0.717, 1.165) is 32.5 Å². The van der Waals surface area contributed by atoms with Crippen LogP contribution in [0.15, 0.2) is 4.52 Å². The number of amides is 2. The first kappa shape index (κ1) is 18.7. The largest absolute Gasteiger partial charge is 0.381 e. The fraction of sp³-hybridized carbons (Fsp3) is 0.812. The van der Waals surface area contributed by atoms with Gasteiger partial charge in [-0.2, -0.15) is 4.98 Å². The standard InChI is InChI=1S/C16H29N5O3/c1-4-21(5-2)9-8-17-16(22)19-14(13-6-10-23-11-7-13)15-18-12(3)20-24-15/h13-14H,4-11H2,1-3H3,(H2,17,19,22). The Hall–Kier alpha value is -1.67. The van der Waals surface area contributed by atoms with E-state index in [9.17, 15) is 4.79 Å². The molecule has 2 heterocycles. The molecule has 1 aromatic heterocycles. The quantitative estimate of drug-likeness (QED) is 0.745.